The standard InChI is InChI=1S/C17H27N3O2/c1-13(2)22-17(21)15-8-5-9-18-16(15)20(4)12-14-7-6-10-19(3)11-14/h5,8-9,13-14H,6-7,10-12H2,1-4H3. The van der Waals surface area contributed by atoms with Crippen molar-refractivity contribution in [1.82, 2.24) is 9.88 Å². The molecule has 5 heteroatoms. The zero-order valence-corrected chi connectivity index (χ0v) is 14.1. The molecule has 1 atom stereocenters. The van der Waals surface area contributed by atoms with Gasteiger partial charge in [0.2, 0.25) is 0 Å². The summed E-state index contributed by atoms with van der Waals surface area (Å²) in [4.78, 5) is 21.1. The van der Waals surface area contributed by atoms with Gasteiger partial charge in [0.05, 0.1) is 6.10 Å². The Labute approximate surface area is 133 Å². The molecule has 1 unspecified atom stereocenters. The fraction of sp³-hybridized carbons (Fsp3) is 0.647. The van der Waals surface area contributed by atoms with Crippen LogP contribution in [-0.4, -0.2) is 55.7 Å². The molecule has 22 heavy (non-hydrogen) atoms. The number of hydrogen-bond donors (Lipinski definition) is 0. The van der Waals surface area contributed by atoms with Crippen LogP contribution in [0.15, 0.2) is 18.3 Å². The van der Waals surface area contributed by atoms with Gasteiger partial charge in [-0.3, -0.25) is 0 Å². The van der Waals surface area contributed by atoms with Gasteiger partial charge in [-0.1, -0.05) is 0 Å². The van der Waals surface area contributed by atoms with Crippen LogP contribution in [0.2, 0.25) is 0 Å². The van der Waals surface area contributed by atoms with Crippen LogP contribution in [0, 0.1) is 5.92 Å². The maximum Gasteiger partial charge on any atom is 0.342 e. The summed E-state index contributed by atoms with van der Waals surface area (Å²) in [6.45, 7) is 6.90. The van der Waals surface area contributed by atoms with Crippen LogP contribution in [0.25, 0.3) is 0 Å². The predicted octanol–water partition coefficient (Wildman–Crippen LogP) is 2.42. The van der Waals surface area contributed by atoms with Gasteiger partial charge in [0.1, 0.15) is 11.4 Å². The first-order chi connectivity index (χ1) is 10.5. The Morgan fingerprint density at radius 1 is 1.55 bits per heavy atom. The molecule has 2 rings (SSSR count). The smallest absolute Gasteiger partial charge is 0.342 e. The Kier molecular flexibility index (Phi) is 5.77. The highest BCUT2D eigenvalue weighted by molar-refractivity contribution is 5.94. The number of rotatable bonds is 5. The highest BCUT2D eigenvalue weighted by atomic mass is 16.5. The number of aromatic nitrogens is 1. The molecule has 0 N–H and O–H groups in total. The van der Waals surface area contributed by atoms with Crippen LogP contribution < -0.4 is 4.90 Å². The molecule has 0 radical (unpaired) electrons. The van der Waals surface area contributed by atoms with Gasteiger partial charge in [-0.15, -0.1) is 0 Å². The Balaban J connectivity index is 2.08. The third kappa shape index (κ3) is 4.44. The fourth-order valence-electron chi connectivity index (χ4n) is 3.03. The van der Waals surface area contributed by atoms with E-state index in [0.717, 1.165) is 13.1 Å². The molecule has 2 heterocycles. The molecule has 1 fully saturated rings. The third-order valence-corrected chi connectivity index (χ3v) is 3.97. The predicted molar refractivity (Wildman–Crippen MR) is 88.3 cm³/mol. The first-order valence-corrected chi connectivity index (χ1v) is 8.03. The molecule has 0 spiro atoms. The van der Waals surface area contributed by atoms with Crippen LogP contribution in [0.5, 0.6) is 0 Å². The van der Waals surface area contributed by atoms with Crippen molar-refractivity contribution in [2.45, 2.75) is 32.8 Å². The topological polar surface area (TPSA) is 45.7 Å². The quantitative estimate of drug-likeness (QED) is 0.782. The van der Waals surface area contributed by atoms with Crippen molar-refractivity contribution >= 4 is 11.8 Å². The van der Waals surface area contributed by atoms with E-state index in [-0.39, 0.29) is 12.1 Å². The monoisotopic (exact) mass is 305 g/mol. The molecule has 0 amide bonds. The number of hydrogen-bond acceptors (Lipinski definition) is 5. The van der Waals surface area contributed by atoms with Crippen LogP contribution >= 0.6 is 0 Å². The molecule has 122 valence electrons. The van der Waals surface area contributed by atoms with Crippen molar-refractivity contribution in [2.75, 3.05) is 38.6 Å². The van der Waals surface area contributed by atoms with Gasteiger partial charge in [0.15, 0.2) is 0 Å². The van der Waals surface area contributed by atoms with E-state index in [9.17, 15) is 4.79 Å². The number of pyridine rings is 1. The molecule has 1 aliphatic heterocycles. The largest absolute Gasteiger partial charge is 0.459 e. The second-order valence-electron chi connectivity index (χ2n) is 6.48. The zero-order valence-electron chi connectivity index (χ0n) is 14.1. The van der Waals surface area contributed by atoms with Gasteiger partial charge in [0.25, 0.3) is 0 Å². The second-order valence-corrected chi connectivity index (χ2v) is 6.48. The van der Waals surface area contributed by atoms with Crippen LogP contribution in [0.1, 0.15) is 37.0 Å². The van der Waals surface area contributed by atoms with Crippen molar-refractivity contribution in [3.8, 4) is 0 Å². The summed E-state index contributed by atoms with van der Waals surface area (Å²) in [5, 5.41) is 0. The number of carbonyl (C=O) groups excluding carboxylic acids is 1. The second kappa shape index (κ2) is 7.58. The summed E-state index contributed by atoms with van der Waals surface area (Å²) in [7, 11) is 4.17. The molecule has 1 aromatic heterocycles. The van der Waals surface area contributed by atoms with Crippen LogP contribution in [0.4, 0.5) is 5.82 Å². The summed E-state index contributed by atoms with van der Waals surface area (Å²) in [6.07, 6.45) is 4.07. The number of anilines is 1. The van der Waals surface area contributed by atoms with Crippen LogP contribution in [-0.2, 0) is 4.74 Å². The Bertz CT molecular complexity index is 504. The minimum absolute atomic E-state index is 0.127. The number of piperidine rings is 1. The van der Waals surface area contributed by atoms with Gasteiger partial charge in [-0.25, -0.2) is 9.78 Å². The molecule has 0 aliphatic carbocycles. The average Bonchev–Trinajstić information content (AvgIpc) is 2.46. The number of nitrogens with zero attached hydrogens (tertiary/aromatic N) is 3. The van der Waals surface area contributed by atoms with Crippen molar-refractivity contribution in [2.24, 2.45) is 5.92 Å². The molecular formula is C17H27N3O2. The summed E-state index contributed by atoms with van der Waals surface area (Å²) in [6, 6.07) is 3.57. The van der Waals surface area contributed by atoms with E-state index in [4.69, 9.17) is 4.74 Å². The summed E-state index contributed by atoms with van der Waals surface area (Å²) < 4.78 is 5.32. The zero-order chi connectivity index (χ0) is 16.1. The molecule has 1 aromatic rings. The molecule has 1 saturated heterocycles. The van der Waals surface area contributed by atoms with Crippen molar-refractivity contribution in [3.63, 3.8) is 0 Å². The van der Waals surface area contributed by atoms with Crippen molar-refractivity contribution in [1.29, 1.82) is 0 Å². The molecular weight excluding hydrogens is 278 g/mol. The molecule has 0 bridgehead atoms. The lowest BCUT2D eigenvalue weighted by Crippen LogP contribution is -2.38. The van der Waals surface area contributed by atoms with E-state index in [2.05, 4.69) is 21.8 Å². The molecule has 0 saturated carbocycles. The van der Waals surface area contributed by atoms with E-state index >= 15 is 0 Å². The van der Waals surface area contributed by atoms with Gasteiger partial charge < -0.3 is 14.5 Å². The van der Waals surface area contributed by atoms with Gasteiger partial charge in [0, 0.05) is 26.3 Å². The first-order valence-electron chi connectivity index (χ1n) is 8.03. The lowest BCUT2D eigenvalue weighted by molar-refractivity contribution is 0.0378. The first kappa shape index (κ1) is 16.7. The number of esters is 1. The highest BCUT2D eigenvalue weighted by Crippen LogP contribution is 2.22. The summed E-state index contributed by atoms with van der Waals surface area (Å²) in [5.74, 6) is 1.02. The van der Waals surface area contributed by atoms with Crippen molar-refractivity contribution < 1.29 is 9.53 Å². The maximum absolute atomic E-state index is 12.2. The van der Waals surface area contributed by atoms with E-state index in [1.807, 2.05) is 20.9 Å². The summed E-state index contributed by atoms with van der Waals surface area (Å²) >= 11 is 0. The summed E-state index contributed by atoms with van der Waals surface area (Å²) in [5.41, 5.74) is 0.544. The fourth-order valence-corrected chi connectivity index (χ4v) is 3.03. The molecule has 1 aliphatic rings. The van der Waals surface area contributed by atoms with Gasteiger partial charge >= 0.3 is 5.97 Å². The third-order valence-electron chi connectivity index (χ3n) is 3.97. The van der Waals surface area contributed by atoms with Gasteiger partial charge in [-0.2, -0.15) is 0 Å². The Morgan fingerprint density at radius 2 is 2.32 bits per heavy atom. The number of likely N-dealkylation sites (tertiary alicyclic amines) is 1. The van der Waals surface area contributed by atoms with E-state index in [1.165, 1.54) is 19.4 Å². The minimum atomic E-state index is -0.300. The molecule has 5 nitrogen and oxygen atoms in total. The average molecular weight is 305 g/mol. The van der Waals surface area contributed by atoms with E-state index in [0.29, 0.717) is 17.3 Å². The van der Waals surface area contributed by atoms with E-state index in [1.54, 1.807) is 18.3 Å². The number of carbonyl (C=O) groups is 1. The highest BCUT2D eigenvalue weighted by Gasteiger charge is 2.22. The van der Waals surface area contributed by atoms with E-state index < -0.39 is 0 Å². The lowest BCUT2D eigenvalue weighted by Gasteiger charge is -2.33. The molecule has 0 aromatic carbocycles. The Hall–Kier alpha value is -1.62. The Morgan fingerprint density at radius 3 is 3.00 bits per heavy atom. The maximum atomic E-state index is 12.2. The lowest BCUT2D eigenvalue weighted by atomic mass is 9.98. The van der Waals surface area contributed by atoms with Crippen molar-refractivity contribution in [3.05, 3.63) is 23.9 Å². The minimum Gasteiger partial charge on any atom is -0.459 e. The normalized spacial score (nSPS) is 19.2. The SMILES string of the molecule is CC(C)OC(=O)c1cccnc1N(C)CC1CCCN(C)C1. The van der Waals surface area contributed by atoms with Crippen LogP contribution in [0.3, 0.4) is 0 Å². The van der Waals surface area contributed by atoms with Gasteiger partial charge in [-0.05, 0) is 58.3 Å². The number of ether oxygens (including phenoxy) is 1.